The van der Waals surface area contributed by atoms with Gasteiger partial charge in [-0.2, -0.15) is 0 Å². The van der Waals surface area contributed by atoms with Crippen LogP contribution in [-0.2, 0) is 0 Å². The van der Waals surface area contributed by atoms with Gasteiger partial charge in [0, 0.05) is 0 Å². The fourth-order valence-electron chi connectivity index (χ4n) is 1.30. The second-order valence-corrected chi connectivity index (χ2v) is 5.74. The molecule has 8 heavy (non-hydrogen) atoms. The Hall–Kier alpha value is 0.790. The third kappa shape index (κ3) is 1.95. The molecule has 0 amide bonds. The van der Waals surface area contributed by atoms with Crippen LogP contribution in [0.1, 0.15) is 32.1 Å². The molecule has 1 saturated carbocycles. The molecule has 0 spiro atoms. The second kappa shape index (κ2) is 3.75. The van der Waals surface area contributed by atoms with E-state index in [-0.39, 0.29) is 0 Å². The summed E-state index contributed by atoms with van der Waals surface area (Å²) in [7, 11) is 0. The van der Waals surface area contributed by atoms with Crippen LogP contribution in [0.5, 0.6) is 0 Å². The van der Waals surface area contributed by atoms with Gasteiger partial charge in [-0.1, -0.05) is 0 Å². The quantitative estimate of drug-likeness (QED) is 0.602. The van der Waals surface area contributed by atoms with Crippen molar-refractivity contribution in [3.8, 4) is 0 Å². The van der Waals surface area contributed by atoms with E-state index in [1.165, 1.54) is 23.2 Å². The first-order valence-electron chi connectivity index (χ1n) is 3.46. The Morgan fingerprint density at radius 2 is 1.75 bits per heavy atom. The Labute approximate surface area is 62.1 Å². The van der Waals surface area contributed by atoms with Crippen molar-refractivity contribution in [2.24, 2.45) is 0 Å². The number of rotatable bonds is 1. The molecule has 0 nitrogen and oxygen atoms in total. The molecule has 1 rings (SSSR count). The van der Waals surface area contributed by atoms with Crippen molar-refractivity contribution in [1.29, 1.82) is 0 Å². The van der Waals surface area contributed by atoms with Gasteiger partial charge >= 0.3 is 62.0 Å². The minimum atomic E-state index is 0.435. The Balaban J connectivity index is 2.13. The molecule has 0 heterocycles. The molecule has 1 fully saturated rings. The van der Waals surface area contributed by atoms with Gasteiger partial charge in [-0.3, -0.25) is 0 Å². The molecule has 0 atom stereocenters. The fraction of sp³-hybridized carbons (Fsp3) is 1.00. The maximum absolute atomic E-state index is 2.45. The Bertz CT molecular complexity index is 55.4. The van der Waals surface area contributed by atoms with E-state index in [9.17, 15) is 0 Å². The van der Waals surface area contributed by atoms with Gasteiger partial charge in [0.05, 0.1) is 0 Å². The predicted octanol–water partition coefficient (Wildman–Crippen LogP) is 2.49. The molecule has 0 radical (unpaired) electrons. The van der Waals surface area contributed by atoms with Gasteiger partial charge in [0.2, 0.25) is 0 Å². The molecular formula is C7H14Te. The summed E-state index contributed by atoms with van der Waals surface area (Å²) in [6.07, 6.45) is 7.72. The Kier molecular flexibility index (Phi) is 3.23. The zero-order chi connectivity index (χ0) is 5.82. The summed E-state index contributed by atoms with van der Waals surface area (Å²) in [5.41, 5.74) is 0. The molecule has 0 unspecified atom stereocenters. The SMILES string of the molecule is C[Te]C1CCCCC1. The monoisotopic (exact) mass is 228 g/mol. The topological polar surface area (TPSA) is 0 Å². The molecule has 0 aliphatic heterocycles. The first-order valence-corrected chi connectivity index (χ1v) is 7.14. The summed E-state index contributed by atoms with van der Waals surface area (Å²) in [5.74, 6) is 0. The van der Waals surface area contributed by atoms with Crippen molar-refractivity contribution in [2.45, 2.75) is 41.0 Å². The van der Waals surface area contributed by atoms with Crippen molar-refractivity contribution in [2.75, 3.05) is 0 Å². The number of hydrogen-bond acceptors (Lipinski definition) is 0. The van der Waals surface area contributed by atoms with Crippen LogP contribution < -0.4 is 0 Å². The third-order valence-electron chi connectivity index (χ3n) is 1.89. The standard InChI is InChI=1S/C7H14Te/c1-8-7-5-3-2-4-6-7/h7H,2-6H2,1H3. The van der Waals surface area contributed by atoms with Crippen molar-refractivity contribution >= 4 is 20.9 Å². The van der Waals surface area contributed by atoms with Crippen molar-refractivity contribution in [1.82, 2.24) is 0 Å². The molecule has 0 saturated heterocycles. The Morgan fingerprint density at radius 1 is 1.12 bits per heavy atom. The predicted molar refractivity (Wildman–Crippen MR) is 38.5 cm³/mol. The molecule has 0 aromatic heterocycles. The van der Waals surface area contributed by atoms with Gasteiger partial charge in [-0.25, -0.2) is 0 Å². The average Bonchev–Trinajstić information content (AvgIpc) is 1.90. The van der Waals surface area contributed by atoms with Gasteiger partial charge in [-0.05, 0) is 0 Å². The van der Waals surface area contributed by atoms with Gasteiger partial charge < -0.3 is 0 Å². The van der Waals surface area contributed by atoms with Gasteiger partial charge in [-0.15, -0.1) is 0 Å². The fourth-order valence-corrected chi connectivity index (χ4v) is 3.60. The average molecular weight is 226 g/mol. The first-order chi connectivity index (χ1) is 3.93. The molecule has 0 aromatic carbocycles. The second-order valence-electron chi connectivity index (χ2n) is 2.50. The van der Waals surface area contributed by atoms with E-state index < -0.39 is 0 Å². The van der Waals surface area contributed by atoms with Crippen molar-refractivity contribution in [3.63, 3.8) is 0 Å². The van der Waals surface area contributed by atoms with E-state index >= 15 is 0 Å². The molecular weight excluding hydrogens is 212 g/mol. The maximum atomic E-state index is 2.45. The van der Waals surface area contributed by atoms with E-state index in [1.807, 2.05) is 0 Å². The van der Waals surface area contributed by atoms with Crippen molar-refractivity contribution < 1.29 is 0 Å². The summed E-state index contributed by atoms with van der Waals surface area (Å²) < 4.78 is 1.22. The van der Waals surface area contributed by atoms with Gasteiger partial charge in [0.1, 0.15) is 0 Å². The molecule has 1 heteroatoms. The van der Waals surface area contributed by atoms with Crippen LogP contribution in [0.3, 0.4) is 0 Å². The molecule has 0 bridgehead atoms. The van der Waals surface area contributed by atoms with Crippen LogP contribution in [0.2, 0.25) is 8.94 Å². The molecule has 1 aliphatic rings. The van der Waals surface area contributed by atoms with Crippen LogP contribution in [0.15, 0.2) is 0 Å². The zero-order valence-corrected chi connectivity index (χ0v) is 7.85. The molecule has 1 aliphatic carbocycles. The first kappa shape index (κ1) is 6.90. The number of hydrogen-bond donors (Lipinski definition) is 0. The zero-order valence-electron chi connectivity index (χ0n) is 5.52. The molecule has 0 aromatic rings. The minimum absolute atomic E-state index is 0.435. The summed E-state index contributed by atoms with van der Waals surface area (Å²) in [4.78, 5) is 2.45. The van der Waals surface area contributed by atoms with Crippen LogP contribution >= 0.6 is 0 Å². The van der Waals surface area contributed by atoms with E-state index in [0.717, 1.165) is 0 Å². The summed E-state index contributed by atoms with van der Waals surface area (Å²) >= 11 is 0.435. The van der Waals surface area contributed by atoms with E-state index in [2.05, 4.69) is 4.97 Å². The van der Waals surface area contributed by atoms with Crippen molar-refractivity contribution in [3.05, 3.63) is 0 Å². The van der Waals surface area contributed by atoms with Gasteiger partial charge in [0.15, 0.2) is 0 Å². The van der Waals surface area contributed by atoms with E-state index in [1.54, 1.807) is 12.8 Å². The molecule has 0 N–H and O–H groups in total. The molecule has 48 valence electrons. The van der Waals surface area contributed by atoms with Crippen LogP contribution in [-0.4, -0.2) is 20.9 Å². The third-order valence-corrected chi connectivity index (χ3v) is 5.13. The van der Waals surface area contributed by atoms with Crippen LogP contribution in [0.4, 0.5) is 0 Å². The summed E-state index contributed by atoms with van der Waals surface area (Å²) in [6, 6.07) is 0. The summed E-state index contributed by atoms with van der Waals surface area (Å²) in [5, 5.41) is 0. The van der Waals surface area contributed by atoms with Crippen LogP contribution in [0, 0.1) is 0 Å². The Morgan fingerprint density at radius 3 is 2.12 bits per heavy atom. The van der Waals surface area contributed by atoms with E-state index in [4.69, 9.17) is 0 Å². The normalized spacial score (nSPS) is 23.6. The van der Waals surface area contributed by atoms with Gasteiger partial charge in [0.25, 0.3) is 0 Å². The summed E-state index contributed by atoms with van der Waals surface area (Å²) in [6.45, 7) is 0. The van der Waals surface area contributed by atoms with E-state index in [0.29, 0.717) is 20.9 Å². The van der Waals surface area contributed by atoms with Crippen LogP contribution in [0.25, 0.3) is 0 Å².